The Balaban J connectivity index is 2.24. The number of anilines is 2. The molecule has 0 aliphatic heterocycles. The largest absolute Gasteiger partial charge is 0.398 e. The lowest BCUT2D eigenvalue weighted by atomic mass is 10.1. The van der Waals surface area contributed by atoms with Gasteiger partial charge in [0, 0.05) is 16.8 Å². The van der Waals surface area contributed by atoms with Gasteiger partial charge in [-0.05, 0) is 24.3 Å². The van der Waals surface area contributed by atoms with Gasteiger partial charge in [-0.15, -0.1) is 5.10 Å². The van der Waals surface area contributed by atoms with Gasteiger partial charge >= 0.3 is 0 Å². The van der Waals surface area contributed by atoms with Crippen LogP contribution in [0.2, 0.25) is 0 Å². The van der Waals surface area contributed by atoms with Crippen LogP contribution in [0.25, 0.3) is 0 Å². The number of amides is 1. The lowest BCUT2D eigenvalue weighted by molar-refractivity contribution is 0.102. The van der Waals surface area contributed by atoms with E-state index in [0.717, 1.165) is 6.07 Å². The molecule has 0 radical (unpaired) electrons. The second-order valence-corrected chi connectivity index (χ2v) is 3.73. The molecule has 1 aromatic heterocycles. The van der Waals surface area contributed by atoms with Crippen LogP contribution in [0.5, 0.6) is 0 Å². The molecule has 0 aliphatic rings. The minimum absolute atomic E-state index is 0.0436. The molecule has 2 rings (SSSR count). The summed E-state index contributed by atoms with van der Waals surface area (Å²) in [5.74, 6) is -1.04. The molecule has 1 aromatic carbocycles. The number of tetrazole rings is 1. The summed E-state index contributed by atoms with van der Waals surface area (Å²) in [6, 6.07) is 2.50. The normalized spacial score (nSPS) is 10.4. The van der Waals surface area contributed by atoms with E-state index in [1.807, 2.05) is 0 Å². The maximum Gasteiger partial charge on any atom is 0.270 e. The van der Waals surface area contributed by atoms with Crippen LogP contribution in [0.1, 0.15) is 15.9 Å². The van der Waals surface area contributed by atoms with Crippen LogP contribution in [0.15, 0.2) is 12.1 Å². The minimum atomic E-state index is -0.548. The van der Waals surface area contributed by atoms with Gasteiger partial charge in [-0.1, -0.05) is 5.10 Å². The van der Waals surface area contributed by atoms with Gasteiger partial charge in [-0.3, -0.25) is 10.1 Å². The summed E-state index contributed by atoms with van der Waals surface area (Å²) >= 11 is 0. The van der Waals surface area contributed by atoms with Gasteiger partial charge in [-0.2, -0.15) is 4.80 Å². The van der Waals surface area contributed by atoms with Crippen LogP contribution in [-0.2, 0) is 7.05 Å². The lowest BCUT2D eigenvalue weighted by Crippen LogP contribution is -2.14. The van der Waals surface area contributed by atoms with Gasteiger partial charge in [0.1, 0.15) is 5.82 Å². The predicted molar refractivity (Wildman–Crippen MR) is 62.3 cm³/mol. The molecular formula is C10H11FN6O. The van der Waals surface area contributed by atoms with Gasteiger partial charge in [0.05, 0.1) is 7.05 Å². The van der Waals surface area contributed by atoms with Crippen LogP contribution in [-0.4, -0.2) is 26.1 Å². The summed E-state index contributed by atoms with van der Waals surface area (Å²) in [7, 11) is 1.56. The van der Waals surface area contributed by atoms with Crippen LogP contribution >= 0.6 is 0 Å². The van der Waals surface area contributed by atoms with E-state index in [1.165, 1.54) is 17.8 Å². The Morgan fingerprint density at radius 3 is 2.78 bits per heavy atom. The van der Waals surface area contributed by atoms with Crippen molar-refractivity contribution in [2.24, 2.45) is 7.05 Å². The number of aromatic nitrogens is 4. The number of nitrogens with two attached hydrogens (primary N) is 1. The molecule has 0 bridgehead atoms. The molecule has 0 aliphatic carbocycles. The molecule has 2 aromatic rings. The number of nitrogens with zero attached hydrogens (tertiary/aromatic N) is 4. The summed E-state index contributed by atoms with van der Waals surface area (Å²) in [5.41, 5.74) is 6.21. The summed E-state index contributed by atoms with van der Waals surface area (Å²) in [6.07, 6.45) is 0. The van der Waals surface area contributed by atoms with Crippen LogP contribution in [0.3, 0.4) is 0 Å². The third-order valence-electron chi connectivity index (χ3n) is 2.38. The molecule has 0 fully saturated rings. The first kappa shape index (κ1) is 12.0. The molecule has 1 heterocycles. The topological polar surface area (TPSA) is 98.7 Å². The quantitative estimate of drug-likeness (QED) is 0.756. The number of nitrogens with one attached hydrogen (secondary N) is 1. The fourth-order valence-electron chi connectivity index (χ4n) is 1.34. The molecule has 7 nitrogen and oxygen atoms in total. The van der Waals surface area contributed by atoms with E-state index in [9.17, 15) is 9.18 Å². The van der Waals surface area contributed by atoms with Crippen molar-refractivity contribution in [2.75, 3.05) is 11.1 Å². The predicted octanol–water partition coefficient (Wildman–Crippen LogP) is 0.492. The Hall–Kier alpha value is -2.51. The first-order chi connectivity index (χ1) is 8.47. The number of carbonyl (C=O) groups is 1. The zero-order chi connectivity index (χ0) is 13.3. The van der Waals surface area contributed by atoms with E-state index in [2.05, 4.69) is 20.7 Å². The zero-order valence-corrected chi connectivity index (χ0v) is 9.81. The molecule has 1 amide bonds. The zero-order valence-electron chi connectivity index (χ0n) is 9.81. The number of nitrogen functional groups attached to an aromatic ring is 1. The molecule has 0 unspecified atom stereocenters. The fourth-order valence-corrected chi connectivity index (χ4v) is 1.34. The monoisotopic (exact) mass is 250 g/mol. The maximum absolute atomic E-state index is 13.4. The minimum Gasteiger partial charge on any atom is -0.398 e. The molecule has 0 saturated carbocycles. The number of aryl methyl sites for hydroxylation is 1. The van der Waals surface area contributed by atoms with E-state index in [0.29, 0.717) is 5.56 Å². The van der Waals surface area contributed by atoms with Crippen LogP contribution in [0.4, 0.5) is 16.0 Å². The Bertz CT molecular complexity index is 585. The number of benzene rings is 1. The smallest absolute Gasteiger partial charge is 0.270 e. The SMILES string of the molecule is Cc1c(N)cc(C(=O)Nc2nnn(C)n2)cc1F. The summed E-state index contributed by atoms with van der Waals surface area (Å²) in [6.45, 7) is 1.54. The van der Waals surface area contributed by atoms with Crippen molar-refractivity contribution in [1.82, 2.24) is 20.2 Å². The van der Waals surface area contributed by atoms with Crippen LogP contribution < -0.4 is 11.1 Å². The van der Waals surface area contributed by atoms with Gasteiger partial charge in [0.15, 0.2) is 0 Å². The first-order valence-corrected chi connectivity index (χ1v) is 5.08. The van der Waals surface area contributed by atoms with Gasteiger partial charge < -0.3 is 5.73 Å². The second kappa shape index (κ2) is 4.40. The number of rotatable bonds is 2. The van der Waals surface area contributed by atoms with Crippen molar-refractivity contribution < 1.29 is 9.18 Å². The Morgan fingerprint density at radius 1 is 1.50 bits per heavy atom. The molecule has 8 heteroatoms. The summed E-state index contributed by atoms with van der Waals surface area (Å²) in [5, 5.41) is 13.3. The van der Waals surface area contributed by atoms with Crippen molar-refractivity contribution in [1.29, 1.82) is 0 Å². The molecule has 0 saturated heterocycles. The van der Waals surface area contributed by atoms with Crippen LogP contribution in [0, 0.1) is 12.7 Å². The average Bonchev–Trinajstić information content (AvgIpc) is 2.71. The Kier molecular flexibility index (Phi) is 2.92. The van der Waals surface area contributed by atoms with Gasteiger partial charge in [0.2, 0.25) is 0 Å². The van der Waals surface area contributed by atoms with E-state index >= 15 is 0 Å². The number of hydrogen-bond donors (Lipinski definition) is 2. The highest BCUT2D eigenvalue weighted by atomic mass is 19.1. The van der Waals surface area contributed by atoms with Crippen molar-refractivity contribution in [3.05, 3.63) is 29.1 Å². The summed E-state index contributed by atoms with van der Waals surface area (Å²) < 4.78 is 13.4. The van der Waals surface area contributed by atoms with E-state index < -0.39 is 11.7 Å². The summed E-state index contributed by atoms with van der Waals surface area (Å²) in [4.78, 5) is 13.0. The lowest BCUT2D eigenvalue weighted by Gasteiger charge is -2.05. The highest BCUT2D eigenvalue weighted by molar-refractivity contribution is 6.03. The van der Waals surface area contributed by atoms with Gasteiger partial charge in [0.25, 0.3) is 11.9 Å². The molecule has 3 N–H and O–H groups in total. The molecule has 18 heavy (non-hydrogen) atoms. The first-order valence-electron chi connectivity index (χ1n) is 5.08. The van der Waals surface area contributed by atoms with Crippen molar-refractivity contribution in [3.63, 3.8) is 0 Å². The molecule has 0 spiro atoms. The number of halogens is 1. The molecule has 0 atom stereocenters. The molecule has 94 valence electrons. The second-order valence-electron chi connectivity index (χ2n) is 3.73. The standard InChI is InChI=1S/C10H11FN6O/c1-5-7(11)3-6(4-8(5)12)9(18)13-10-14-16-17(2)15-10/h3-4H,12H2,1-2H3,(H,13,15,18). The highest BCUT2D eigenvalue weighted by Gasteiger charge is 2.13. The molecular weight excluding hydrogens is 239 g/mol. The van der Waals surface area contributed by atoms with E-state index in [-0.39, 0.29) is 17.2 Å². The number of carbonyl (C=O) groups excluding carboxylic acids is 1. The Morgan fingerprint density at radius 2 is 2.22 bits per heavy atom. The third-order valence-corrected chi connectivity index (χ3v) is 2.38. The van der Waals surface area contributed by atoms with Crippen molar-refractivity contribution >= 4 is 17.5 Å². The third kappa shape index (κ3) is 2.26. The van der Waals surface area contributed by atoms with E-state index in [4.69, 9.17) is 5.73 Å². The van der Waals surface area contributed by atoms with Gasteiger partial charge in [-0.25, -0.2) is 4.39 Å². The fraction of sp³-hybridized carbons (Fsp3) is 0.200. The van der Waals surface area contributed by atoms with E-state index in [1.54, 1.807) is 7.05 Å². The highest BCUT2D eigenvalue weighted by Crippen LogP contribution is 2.18. The number of hydrogen-bond acceptors (Lipinski definition) is 5. The van der Waals surface area contributed by atoms with Crippen molar-refractivity contribution in [2.45, 2.75) is 6.92 Å². The average molecular weight is 250 g/mol. The Labute approximate surface area is 102 Å². The van der Waals surface area contributed by atoms with Crippen molar-refractivity contribution in [3.8, 4) is 0 Å². The maximum atomic E-state index is 13.4.